The molecule has 6 nitrogen and oxygen atoms in total. The quantitative estimate of drug-likeness (QED) is 0.524. The van der Waals surface area contributed by atoms with E-state index in [-0.39, 0.29) is 38.5 Å². The SMILES string of the molecule is COCOCC1=C[C@@H](O)[C@H](C)[C@](C)(COCOC)C1=O. The minimum atomic E-state index is -0.793. The molecule has 0 heterocycles. The number of ketones is 1. The van der Waals surface area contributed by atoms with E-state index >= 15 is 0 Å². The van der Waals surface area contributed by atoms with Crippen LogP contribution >= 0.6 is 0 Å². The van der Waals surface area contributed by atoms with Crippen LogP contribution in [0.5, 0.6) is 0 Å². The first-order valence-electron chi connectivity index (χ1n) is 6.54. The van der Waals surface area contributed by atoms with Crippen LogP contribution in [-0.4, -0.2) is 58.0 Å². The zero-order valence-electron chi connectivity index (χ0n) is 12.5. The van der Waals surface area contributed by atoms with Gasteiger partial charge in [-0.1, -0.05) is 6.92 Å². The van der Waals surface area contributed by atoms with Crippen molar-refractivity contribution in [1.29, 1.82) is 0 Å². The molecule has 1 aliphatic rings. The molecular formula is C14H24O6. The largest absolute Gasteiger partial charge is 0.389 e. The second-order valence-corrected chi connectivity index (χ2v) is 5.23. The lowest BCUT2D eigenvalue weighted by Crippen LogP contribution is -2.48. The van der Waals surface area contributed by atoms with Crippen molar-refractivity contribution in [2.45, 2.75) is 20.0 Å². The molecular weight excluding hydrogens is 264 g/mol. The lowest BCUT2D eigenvalue weighted by atomic mass is 9.67. The van der Waals surface area contributed by atoms with Gasteiger partial charge in [0.2, 0.25) is 0 Å². The smallest absolute Gasteiger partial charge is 0.169 e. The fourth-order valence-electron chi connectivity index (χ4n) is 2.26. The van der Waals surface area contributed by atoms with Crippen molar-refractivity contribution in [3.63, 3.8) is 0 Å². The number of methoxy groups -OCH3 is 2. The average Bonchev–Trinajstić information content (AvgIpc) is 2.43. The Labute approximate surface area is 119 Å². The highest BCUT2D eigenvalue weighted by Crippen LogP contribution is 2.38. The molecule has 0 bridgehead atoms. The van der Waals surface area contributed by atoms with Crippen LogP contribution in [0.2, 0.25) is 0 Å². The van der Waals surface area contributed by atoms with E-state index in [0.717, 1.165) is 0 Å². The second kappa shape index (κ2) is 7.85. The van der Waals surface area contributed by atoms with Gasteiger partial charge < -0.3 is 24.1 Å². The summed E-state index contributed by atoms with van der Waals surface area (Å²) < 4.78 is 20.2. The molecule has 0 amide bonds. The number of Topliss-reactive ketones (excluding diaryl/α,β-unsaturated/α-hetero) is 1. The van der Waals surface area contributed by atoms with E-state index in [4.69, 9.17) is 18.9 Å². The molecule has 0 spiro atoms. The fraction of sp³-hybridized carbons (Fsp3) is 0.786. The summed E-state index contributed by atoms with van der Waals surface area (Å²) in [6.07, 6.45) is 0.853. The number of carbonyl (C=O) groups excluding carboxylic acids is 1. The third kappa shape index (κ3) is 3.86. The molecule has 0 fully saturated rings. The molecule has 0 unspecified atom stereocenters. The first kappa shape index (κ1) is 17.3. The third-order valence-electron chi connectivity index (χ3n) is 3.76. The standard InChI is InChI=1S/C14H24O6/c1-10-12(15)5-11(6-19-8-17-3)13(16)14(10,2)7-20-9-18-4/h5,10,12,15H,6-9H2,1-4H3/t10-,12+,14-/m0/s1. The topological polar surface area (TPSA) is 74.2 Å². The summed E-state index contributed by atoms with van der Waals surface area (Å²) in [5.74, 6) is -0.305. The normalized spacial score (nSPS) is 30.4. The minimum absolute atomic E-state index is 0.0671. The van der Waals surface area contributed by atoms with E-state index in [9.17, 15) is 9.90 Å². The van der Waals surface area contributed by atoms with E-state index in [1.807, 2.05) is 6.92 Å². The van der Waals surface area contributed by atoms with E-state index in [1.54, 1.807) is 13.0 Å². The summed E-state index contributed by atoms with van der Waals surface area (Å²) in [5.41, 5.74) is -0.338. The van der Waals surface area contributed by atoms with Crippen LogP contribution in [-0.2, 0) is 23.7 Å². The Hall–Kier alpha value is -0.790. The zero-order valence-corrected chi connectivity index (χ0v) is 12.5. The Kier molecular flexibility index (Phi) is 6.78. The molecule has 1 aliphatic carbocycles. The first-order chi connectivity index (χ1) is 9.47. The fourth-order valence-corrected chi connectivity index (χ4v) is 2.26. The van der Waals surface area contributed by atoms with Gasteiger partial charge >= 0.3 is 0 Å². The lowest BCUT2D eigenvalue weighted by molar-refractivity contribution is -0.142. The van der Waals surface area contributed by atoms with Gasteiger partial charge in [0.1, 0.15) is 13.6 Å². The number of hydrogen-bond acceptors (Lipinski definition) is 6. The Morgan fingerprint density at radius 2 is 1.85 bits per heavy atom. The summed E-state index contributed by atoms with van der Waals surface area (Å²) >= 11 is 0. The van der Waals surface area contributed by atoms with E-state index < -0.39 is 11.5 Å². The zero-order chi connectivity index (χ0) is 15.2. The molecule has 6 heteroatoms. The average molecular weight is 288 g/mol. The van der Waals surface area contributed by atoms with Crippen LogP contribution in [0.3, 0.4) is 0 Å². The van der Waals surface area contributed by atoms with Gasteiger partial charge in [0.15, 0.2) is 5.78 Å². The van der Waals surface area contributed by atoms with Crippen LogP contribution in [0.4, 0.5) is 0 Å². The van der Waals surface area contributed by atoms with Crippen molar-refractivity contribution < 1.29 is 28.8 Å². The van der Waals surface area contributed by atoms with E-state index in [0.29, 0.717) is 5.57 Å². The van der Waals surface area contributed by atoms with Gasteiger partial charge in [-0.3, -0.25) is 4.79 Å². The van der Waals surface area contributed by atoms with Crippen molar-refractivity contribution in [2.24, 2.45) is 11.3 Å². The van der Waals surface area contributed by atoms with Gasteiger partial charge in [-0.2, -0.15) is 0 Å². The summed E-state index contributed by atoms with van der Waals surface area (Å²) in [6, 6.07) is 0. The maximum Gasteiger partial charge on any atom is 0.169 e. The van der Waals surface area contributed by atoms with Crippen molar-refractivity contribution in [3.05, 3.63) is 11.6 Å². The number of aliphatic hydroxyl groups excluding tert-OH is 1. The summed E-state index contributed by atoms with van der Waals surface area (Å²) in [6.45, 7) is 4.16. The second-order valence-electron chi connectivity index (χ2n) is 5.23. The summed E-state index contributed by atoms with van der Waals surface area (Å²) in [4.78, 5) is 12.6. The van der Waals surface area contributed by atoms with Crippen molar-refractivity contribution >= 4 is 5.78 Å². The Morgan fingerprint density at radius 1 is 1.25 bits per heavy atom. The molecule has 0 saturated heterocycles. The predicted octanol–water partition coefficient (Wildman–Crippen LogP) is 0.740. The van der Waals surface area contributed by atoms with E-state index in [2.05, 4.69) is 0 Å². The summed E-state index contributed by atoms with van der Waals surface area (Å²) in [7, 11) is 3.03. The molecule has 20 heavy (non-hydrogen) atoms. The predicted molar refractivity (Wildman–Crippen MR) is 72.0 cm³/mol. The minimum Gasteiger partial charge on any atom is -0.389 e. The number of ether oxygens (including phenoxy) is 4. The van der Waals surface area contributed by atoms with Crippen LogP contribution < -0.4 is 0 Å². The molecule has 0 aromatic carbocycles. The van der Waals surface area contributed by atoms with Crippen molar-refractivity contribution in [1.82, 2.24) is 0 Å². The monoisotopic (exact) mass is 288 g/mol. The molecule has 3 atom stereocenters. The van der Waals surface area contributed by atoms with Gasteiger partial charge in [-0.05, 0) is 13.0 Å². The highest BCUT2D eigenvalue weighted by molar-refractivity contribution is 6.01. The Bertz CT molecular complexity index is 354. The van der Waals surface area contributed by atoms with E-state index in [1.165, 1.54) is 14.2 Å². The maximum atomic E-state index is 12.6. The number of hydrogen-bond donors (Lipinski definition) is 1. The van der Waals surface area contributed by atoms with Crippen molar-refractivity contribution in [2.75, 3.05) is 41.0 Å². The van der Waals surface area contributed by atoms with Gasteiger partial charge in [0, 0.05) is 25.7 Å². The highest BCUT2D eigenvalue weighted by atomic mass is 16.7. The number of rotatable bonds is 8. The number of aliphatic hydroxyl groups is 1. The highest BCUT2D eigenvalue weighted by Gasteiger charge is 2.46. The maximum absolute atomic E-state index is 12.6. The molecule has 0 aliphatic heterocycles. The molecule has 0 aromatic rings. The van der Waals surface area contributed by atoms with Crippen LogP contribution in [0.25, 0.3) is 0 Å². The lowest BCUT2D eigenvalue weighted by Gasteiger charge is -2.40. The molecule has 1 rings (SSSR count). The molecule has 0 radical (unpaired) electrons. The third-order valence-corrected chi connectivity index (χ3v) is 3.76. The Balaban J connectivity index is 2.79. The molecule has 1 N–H and O–H groups in total. The van der Waals surface area contributed by atoms with Crippen LogP contribution in [0, 0.1) is 11.3 Å². The van der Waals surface area contributed by atoms with Crippen LogP contribution in [0.15, 0.2) is 11.6 Å². The first-order valence-corrected chi connectivity index (χ1v) is 6.54. The molecule has 0 aromatic heterocycles. The van der Waals surface area contributed by atoms with Crippen LogP contribution in [0.1, 0.15) is 13.8 Å². The number of carbonyl (C=O) groups is 1. The van der Waals surface area contributed by atoms with Gasteiger partial charge in [-0.15, -0.1) is 0 Å². The molecule has 0 saturated carbocycles. The van der Waals surface area contributed by atoms with Gasteiger partial charge in [-0.25, -0.2) is 0 Å². The summed E-state index contributed by atoms with van der Waals surface area (Å²) in [5, 5.41) is 10.1. The van der Waals surface area contributed by atoms with Gasteiger partial charge in [0.25, 0.3) is 0 Å². The van der Waals surface area contributed by atoms with Gasteiger partial charge in [0.05, 0.1) is 24.7 Å². The Morgan fingerprint density at radius 3 is 2.45 bits per heavy atom. The molecule has 116 valence electrons. The van der Waals surface area contributed by atoms with Crippen molar-refractivity contribution in [3.8, 4) is 0 Å².